The van der Waals surface area contributed by atoms with Gasteiger partial charge in [-0.15, -0.1) is 0 Å². The van der Waals surface area contributed by atoms with E-state index in [-0.39, 0.29) is 24.8 Å². The van der Waals surface area contributed by atoms with Crippen molar-refractivity contribution in [3.05, 3.63) is 90.0 Å². The van der Waals surface area contributed by atoms with Gasteiger partial charge in [-0.2, -0.15) is 0 Å². The van der Waals surface area contributed by atoms with Gasteiger partial charge in [0.1, 0.15) is 11.6 Å². The molecule has 3 aromatic rings. The zero-order chi connectivity index (χ0) is 22.2. The number of nitrogens with one attached hydrogen (secondary N) is 3. The van der Waals surface area contributed by atoms with Gasteiger partial charge < -0.3 is 16.0 Å². The number of aryl methyl sites for hydroxylation is 1. The molecule has 0 aliphatic heterocycles. The third-order valence-electron chi connectivity index (χ3n) is 4.42. The Morgan fingerprint density at radius 2 is 1.61 bits per heavy atom. The first-order chi connectivity index (χ1) is 14.9. The maximum atomic E-state index is 13.7. The van der Waals surface area contributed by atoms with Crippen molar-refractivity contribution in [1.82, 2.24) is 5.32 Å². The molecule has 0 saturated carbocycles. The van der Waals surface area contributed by atoms with Gasteiger partial charge in [-0.3, -0.25) is 4.90 Å². The van der Waals surface area contributed by atoms with Crippen LogP contribution in [0.25, 0.3) is 0 Å². The Labute approximate surface area is 178 Å². The molecule has 0 unspecified atom stereocenters. The summed E-state index contributed by atoms with van der Waals surface area (Å²) in [5, 5.41) is 7.71. The maximum Gasteiger partial charge on any atom is 0.326 e. The van der Waals surface area contributed by atoms with Gasteiger partial charge in [-0.1, -0.05) is 35.9 Å². The standard InChI is InChI=1S/C23H22F2N4O2/c1-16-7-10-18(11-8-16)27-23(31)29(19-5-3-2-4-6-19)14-13-26-22(30)28-21-12-9-17(24)15-20(21)25/h2-12,15H,13-14H2,1H3,(H,27,31)(H2,26,28,30). The molecule has 0 fully saturated rings. The summed E-state index contributed by atoms with van der Waals surface area (Å²) in [5.41, 5.74) is 2.23. The number of urea groups is 2. The second kappa shape index (κ2) is 10.2. The molecule has 4 amide bonds. The number of anilines is 3. The Morgan fingerprint density at radius 3 is 2.29 bits per heavy atom. The average Bonchev–Trinajstić information content (AvgIpc) is 2.75. The highest BCUT2D eigenvalue weighted by Crippen LogP contribution is 2.17. The van der Waals surface area contributed by atoms with E-state index in [1.54, 1.807) is 36.4 Å². The number of halogens is 2. The molecule has 3 N–H and O–H groups in total. The van der Waals surface area contributed by atoms with Gasteiger partial charge in [0.05, 0.1) is 5.69 Å². The lowest BCUT2D eigenvalue weighted by molar-refractivity contribution is 0.250. The molecule has 0 aromatic heterocycles. The highest BCUT2D eigenvalue weighted by Gasteiger charge is 2.16. The molecule has 0 bridgehead atoms. The van der Waals surface area contributed by atoms with E-state index in [0.717, 1.165) is 17.7 Å². The summed E-state index contributed by atoms with van der Waals surface area (Å²) in [6.07, 6.45) is 0. The van der Waals surface area contributed by atoms with Gasteiger partial charge in [0, 0.05) is 30.5 Å². The third-order valence-corrected chi connectivity index (χ3v) is 4.42. The first-order valence-corrected chi connectivity index (χ1v) is 9.62. The molecule has 160 valence electrons. The number of nitrogens with zero attached hydrogens (tertiary/aromatic N) is 1. The predicted octanol–water partition coefficient (Wildman–Crippen LogP) is 5.13. The van der Waals surface area contributed by atoms with Crippen LogP contribution in [0, 0.1) is 18.6 Å². The molecule has 0 heterocycles. The highest BCUT2D eigenvalue weighted by molar-refractivity contribution is 6.01. The van der Waals surface area contributed by atoms with Gasteiger partial charge in [-0.05, 0) is 43.3 Å². The highest BCUT2D eigenvalue weighted by atomic mass is 19.1. The lowest BCUT2D eigenvalue weighted by atomic mass is 10.2. The molecule has 3 aromatic carbocycles. The van der Waals surface area contributed by atoms with Gasteiger partial charge in [0.25, 0.3) is 0 Å². The van der Waals surface area contributed by atoms with Crippen LogP contribution in [0.4, 0.5) is 35.4 Å². The lowest BCUT2D eigenvalue weighted by Crippen LogP contribution is -2.42. The van der Waals surface area contributed by atoms with E-state index in [1.165, 1.54) is 4.90 Å². The van der Waals surface area contributed by atoms with Crippen LogP contribution in [-0.2, 0) is 0 Å². The minimum atomic E-state index is -0.876. The summed E-state index contributed by atoms with van der Waals surface area (Å²) in [5.74, 6) is -1.61. The Hall–Kier alpha value is -3.94. The van der Waals surface area contributed by atoms with E-state index in [9.17, 15) is 18.4 Å². The number of carbonyl (C=O) groups is 2. The molecular weight excluding hydrogens is 402 g/mol. The summed E-state index contributed by atoms with van der Waals surface area (Å²) >= 11 is 0. The molecule has 0 radical (unpaired) electrons. The maximum absolute atomic E-state index is 13.7. The van der Waals surface area contributed by atoms with Crippen molar-refractivity contribution < 1.29 is 18.4 Å². The number of para-hydroxylation sites is 1. The number of benzene rings is 3. The van der Waals surface area contributed by atoms with Crippen LogP contribution >= 0.6 is 0 Å². The quantitative estimate of drug-likeness (QED) is 0.513. The van der Waals surface area contributed by atoms with Gasteiger partial charge >= 0.3 is 12.1 Å². The summed E-state index contributed by atoms with van der Waals surface area (Å²) in [7, 11) is 0. The fraction of sp³-hybridized carbons (Fsp3) is 0.130. The molecule has 8 heteroatoms. The minimum Gasteiger partial charge on any atom is -0.336 e. The average molecular weight is 424 g/mol. The largest absolute Gasteiger partial charge is 0.336 e. The summed E-state index contributed by atoms with van der Waals surface area (Å²) in [4.78, 5) is 26.4. The zero-order valence-electron chi connectivity index (χ0n) is 16.9. The van der Waals surface area contributed by atoms with E-state index in [4.69, 9.17) is 0 Å². The number of rotatable bonds is 6. The molecule has 6 nitrogen and oxygen atoms in total. The monoisotopic (exact) mass is 424 g/mol. The molecule has 0 aliphatic rings. The Kier molecular flexibility index (Phi) is 7.16. The molecule has 0 atom stereocenters. The molecule has 0 aliphatic carbocycles. The van der Waals surface area contributed by atoms with Crippen molar-refractivity contribution in [1.29, 1.82) is 0 Å². The van der Waals surface area contributed by atoms with Gasteiger partial charge in [0.2, 0.25) is 0 Å². The smallest absolute Gasteiger partial charge is 0.326 e. The Balaban J connectivity index is 1.61. The fourth-order valence-corrected chi connectivity index (χ4v) is 2.82. The third kappa shape index (κ3) is 6.27. The van der Waals surface area contributed by atoms with Crippen LogP contribution in [0.1, 0.15) is 5.56 Å². The number of amides is 4. The SMILES string of the molecule is Cc1ccc(NC(=O)N(CCNC(=O)Nc2ccc(F)cc2F)c2ccccc2)cc1. The minimum absolute atomic E-state index is 0.102. The molecule has 31 heavy (non-hydrogen) atoms. The van der Waals surface area contributed by atoms with Crippen molar-refractivity contribution in [2.24, 2.45) is 0 Å². The topological polar surface area (TPSA) is 73.5 Å². The van der Waals surface area contributed by atoms with E-state index >= 15 is 0 Å². The van der Waals surface area contributed by atoms with Crippen molar-refractivity contribution in [2.45, 2.75) is 6.92 Å². The molecular formula is C23H22F2N4O2. The fourth-order valence-electron chi connectivity index (χ4n) is 2.82. The molecule has 3 rings (SSSR count). The molecule has 0 saturated heterocycles. The number of hydrogen-bond donors (Lipinski definition) is 3. The normalized spacial score (nSPS) is 10.3. The van der Waals surface area contributed by atoms with Gasteiger partial charge in [-0.25, -0.2) is 18.4 Å². The van der Waals surface area contributed by atoms with Gasteiger partial charge in [0.15, 0.2) is 0 Å². The van der Waals surface area contributed by atoms with E-state index in [0.29, 0.717) is 17.4 Å². The Bertz CT molecular complexity index is 1040. The first kappa shape index (κ1) is 21.8. The van der Waals surface area contributed by atoms with E-state index in [1.807, 2.05) is 25.1 Å². The molecule has 0 spiro atoms. The second-order valence-electron chi connectivity index (χ2n) is 6.79. The number of carbonyl (C=O) groups excluding carboxylic acids is 2. The van der Waals surface area contributed by atoms with Crippen molar-refractivity contribution in [2.75, 3.05) is 28.6 Å². The van der Waals surface area contributed by atoms with Crippen LogP contribution in [0.3, 0.4) is 0 Å². The van der Waals surface area contributed by atoms with Crippen molar-refractivity contribution >= 4 is 29.1 Å². The van der Waals surface area contributed by atoms with Crippen molar-refractivity contribution in [3.63, 3.8) is 0 Å². The Morgan fingerprint density at radius 1 is 0.903 bits per heavy atom. The van der Waals surface area contributed by atoms with Crippen molar-refractivity contribution in [3.8, 4) is 0 Å². The van der Waals surface area contributed by atoms with E-state index in [2.05, 4.69) is 16.0 Å². The van der Waals surface area contributed by atoms with Crippen LogP contribution in [-0.4, -0.2) is 25.2 Å². The summed E-state index contributed by atoms with van der Waals surface area (Å²) in [6, 6.07) is 18.2. The first-order valence-electron chi connectivity index (χ1n) is 9.62. The zero-order valence-corrected chi connectivity index (χ0v) is 16.9. The lowest BCUT2D eigenvalue weighted by Gasteiger charge is -2.23. The van der Waals surface area contributed by atoms with Crippen LogP contribution < -0.4 is 20.9 Å². The van der Waals surface area contributed by atoms with Crippen LogP contribution in [0.5, 0.6) is 0 Å². The van der Waals surface area contributed by atoms with Crippen LogP contribution in [0.15, 0.2) is 72.8 Å². The van der Waals surface area contributed by atoms with Crippen LogP contribution in [0.2, 0.25) is 0 Å². The predicted molar refractivity (Wildman–Crippen MR) is 117 cm³/mol. The summed E-state index contributed by atoms with van der Waals surface area (Å²) in [6.45, 7) is 2.22. The van der Waals surface area contributed by atoms with E-state index < -0.39 is 17.7 Å². The number of hydrogen-bond acceptors (Lipinski definition) is 2. The second-order valence-corrected chi connectivity index (χ2v) is 6.79. The summed E-state index contributed by atoms with van der Waals surface area (Å²) < 4.78 is 26.7.